The van der Waals surface area contributed by atoms with Gasteiger partial charge in [-0.15, -0.1) is 0 Å². The molecule has 0 saturated heterocycles. The second-order valence-corrected chi connectivity index (χ2v) is 7.81. The Labute approximate surface area is 171 Å². The average molecular weight is 404 g/mol. The van der Waals surface area contributed by atoms with E-state index in [0.29, 0.717) is 27.7 Å². The molecule has 0 radical (unpaired) electrons. The lowest BCUT2D eigenvalue weighted by Crippen LogP contribution is -2.32. The van der Waals surface area contributed by atoms with Crippen LogP contribution in [0.4, 0.5) is 4.39 Å². The zero-order chi connectivity index (χ0) is 20.7. The minimum absolute atomic E-state index is 0.144. The van der Waals surface area contributed by atoms with Crippen molar-refractivity contribution in [3.05, 3.63) is 82.0 Å². The molecule has 2 heterocycles. The molecular weight excluding hydrogens is 383 g/mol. The fraction of sp³-hybridized carbons (Fsp3) is 0.261. The number of carbonyl (C=O) groups is 1. The SMILES string of the molecule is O=C(NC1CCCC1)c1ccc2c(c1)n(Cc1cccc(F)c1)c(=O)c1ccnn12. The number of hydrogen-bond donors (Lipinski definition) is 1. The molecule has 2 aromatic carbocycles. The molecule has 1 N–H and O–H groups in total. The summed E-state index contributed by atoms with van der Waals surface area (Å²) in [6.45, 7) is 0.197. The van der Waals surface area contributed by atoms with E-state index in [1.807, 2.05) is 0 Å². The lowest BCUT2D eigenvalue weighted by atomic mass is 10.1. The van der Waals surface area contributed by atoms with E-state index < -0.39 is 0 Å². The molecule has 0 unspecified atom stereocenters. The highest BCUT2D eigenvalue weighted by atomic mass is 19.1. The first-order valence-electron chi connectivity index (χ1n) is 10.2. The molecule has 5 rings (SSSR count). The molecule has 0 spiro atoms. The summed E-state index contributed by atoms with van der Waals surface area (Å²) < 4.78 is 16.9. The summed E-state index contributed by atoms with van der Waals surface area (Å²) >= 11 is 0. The first-order valence-corrected chi connectivity index (χ1v) is 10.2. The van der Waals surface area contributed by atoms with Crippen molar-refractivity contribution >= 4 is 22.5 Å². The summed E-state index contributed by atoms with van der Waals surface area (Å²) in [4.78, 5) is 25.9. The van der Waals surface area contributed by atoms with Gasteiger partial charge in [-0.2, -0.15) is 5.10 Å². The van der Waals surface area contributed by atoms with Crippen LogP contribution in [0.15, 0.2) is 59.5 Å². The second kappa shape index (κ2) is 7.40. The molecule has 152 valence electrons. The topological polar surface area (TPSA) is 68.4 Å². The Balaban J connectivity index is 1.64. The Morgan fingerprint density at radius 3 is 2.70 bits per heavy atom. The lowest BCUT2D eigenvalue weighted by molar-refractivity contribution is 0.0938. The standard InChI is InChI=1S/C23H21FN4O2/c24-17-5-3-4-15(12-17)14-27-21-13-16(22(29)26-18-6-1-2-7-18)8-9-19(21)28-20(23(27)30)10-11-25-28/h3-5,8-13,18H,1-2,6-7,14H2,(H,26,29). The molecule has 1 aliphatic rings. The predicted octanol–water partition coefficient (Wildman–Crippen LogP) is 3.51. The molecule has 6 nitrogen and oxygen atoms in total. The molecule has 1 fully saturated rings. The Kier molecular flexibility index (Phi) is 4.58. The summed E-state index contributed by atoms with van der Waals surface area (Å²) in [6.07, 6.45) is 5.83. The first kappa shape index (κ1) is 18.5. The third-order valence-electron chi connectivity index (χ3n) is 5.78. The summed E-state index contributed by atoms with van der Waals surface area (Å²) in [5.74, 6) is -0.499. The Morgan fingerprint density at radius 1 is 1.07 bits per heavy atom. The van der Waals surface area contributed by atoms with Crippen LogP contribution >= 0.6 is 0 Å². The molecule has 0 atom stereocenters. The minimum atomic E-state index is -0.355. The molecule has 1 amide bonds. The van der Waals surface area contributed by atoms with Gasteiger partial charge in [-0.1, -0.05) is 25.0 Å². The summed E-state index contributed by atoms with van der Waals surface area (Å²) in [6, 6.07) is 13.3. The van der Waals surface area contributed by atoms with Crippen molar-refractivity contribution in [2.45, 2.75) is 38.3 Å². The van der Waals surface area contributed by atoms with Gasteiger partial charge in [0.2, 0.25) is 0 Å². The van der Waals surface area contributed by atoms with Crippen LogP contribution in [0.25, 0.3) is 16.6 Å². The van der Waals surface area contributed by atoms with E-state index in [0.717, 1.165) is 25.7 Å². The number of rotatable bonds is 4. The van der Waals surface area contributed by atoms with Crippen molar-refractivity contribution in [3.8, 4) is 0 Å². The average Bonchev–Trinajstić information content (AvgIpc) is 3.43. The quantitative estimate of drug-likeness (QED) is 0.566. The fourth-order valence-electron chi connectivity index (χ4n) is 4.28. The van der Waals surface area contributed by atoms with Gasteiger partial charge in [-0.05, 0) is 54.8 Å². The van der Waals surface area contributed by atoms with E-state index in [1.54, 1.807) is 51.7 Å². The number of aromatic nitrogens is 3. The van der Waals surface area contributed by atoms with Gasteiger partial charge >= 0.3 is 0 Å². The van der Waals surface area contributed by atoms with Crippen molar-refractivity contribution in [2.75, 3.05) is 0 Å². The predicted molar refractivity (Wildman–Crippen MR) is 112 cm³/mol. The van der Waals surface area contributed by atoms with Crippen molar-refractivity contribution in [1.82, 2.24) is 19.5 Å². The first-order chi connectivity index (χ1) is 14.6. The molecule has 7 heteroatoms. The maximum absolute atomic E-state index is 13.7. The molecule has 2 aromatic heterocycles. The van der Waals surface area contributed by atoms with Crippen LogP contribution in [-0.4, -0.2) is 26.1 Å². The van der Waals surface area contributed by atoms with Crippen molar-refractivity contribution in [3.63, 3.8) is 0 Å². The fourth-order valence-corrected chi connectivity index (χ4v) is 4.28. The van der Waals surface area contributed by atoms with Crippen molar-refractivity contribution in [1.29, 1.82) is 0 Å². The number of halogens is 1. The van der Waals surface area contributed by atoms with Crippen LogP contribution in [0.5, 0.6) is 0 Å². The summed E-state index contributed by atoms with van der Waals surface area (Å²) in [5.41, 5.74) is 2.65. The van der Waals surface area contributed by atoms with E-state index in [9.17, 15) is 14.0 Å². The highest BCUT2D eigenvalue weighted by Crippen LogP contribution is 2.20. The zero-order valence-corrected chi connectivity index (χ0v) is 16.3. The van der Waals surface area contributed by atoms with Crippen LogP contribution in [-0.2, 0) is 6.54 Å². The molecule has 0 bridgehead atoms. The van der Waals surface area contributed by atoms with Gasteiger partial charge < -0.3 is 9.88 Å². The number of benzene rings is 2. The van der Waals surface area contributed by atoms with Gasteiger partial charge in [0.15, 0.2) is 0 Å². The van der Waals surface area contributed by atoms with E-state index in [-0.39, 0.29) is 29.9 Å². The smallest absolute Gasteiger partial charge is 0.277 e. The van der Waals surface area contributed by atoms with E-state index in [2.05, 4.69) is 10.4 Å². The van der Waals surface area contributed by atoms with Gasteiger partial charge in [-0.25, -0.2) is 8.91 Å². The van der Waals surface area contributed by atoms with E-state index in [4.69, 9.17) is 0 Å². The number of fused-ring (bicyclic) bond motifs is 3. The van der Waals surface area contributed by atoms with E-state index >= 15 is 0 Å². The molecule has 30 heavy (non-hydrogen) atoms. The van der Waals surface area contributed by atoms with Gasteiger partial charge in [-0.3, -0.25) is 9.59 Å². The number of nitrogens with zero attached hydrogens (tertiary/aromatic N) is 3. The van der Waals surface area contributed by atoms with Crippen molar-refractivity contribution < 1.29 is 9.18 Å². The molecular formula is C23H21FN4O2. The zero-order valence-electron chi connectivity index (χ0n) is 16.3. The normalized spacial score (nSPS) is 14.6. The Morgan fingerprint density at radius 2 is 1.90 bits per heavy atom. The van der Waals surface area contributed by atoms with Crippen molar-refractivity contribution in [2.24, 2.45) is 0 Å². The van der Waals surface area contributed by atoms with Crippen LogP contribution in [0.2, 0.25) is 0 Å². The lowest BCUT2D eigenvalue weighted by Gasteiger charge is -2.15. The minimum Gasteiger partial charge on any atom is -0.349 e. The number of carbonyl (C=O) groups excluding carboxylic acids is 1. The van der Waals surface area contributed by atoms with Gasteiger partial charge in [0.1, 0.15) is 11.3 Å². The summed E-state index contributed by atoms with van der Waals surface area (Å²) in [7, 11) is 0. The highest BCUT2D eigenvalue weighted by Gasteiger charge is 2.19. The van der Waals surface area contributed by atoms with Crippen LogP contribution in [0.1, 0.15) is 41.6 Å². The second-order valence-electron chi connectivity index (χ2n) is 7.81. The molecule has 0 aliphatic heterocycles. The molecule has 1 aliphatic carbocycles. The maximum atomic E-state index is 13.7. The van der Waals surface area contributed by atoms with Crippen LogP contribution in [0, 0.1) is 5.82 Å². The third kappa shape index (κ3) is 3.26. The molecule has 4 aromatic rings. The van der Waals surface area contributed by atoms with Crippen LogP contribution < -0.4 is 10.9 Å². The highest BCUT2D eigenvalue weighted by molar-refractivity contribution is 5.97. The van der Waals surface area contributed by atoms with Crippen LogP contribution in [0.3, 0.4) is 0 Å². The third-order valence-corrected chi connectivity index (χ3v) is 5.78. The van der Waals surface area contributed by atoms with Gasteiger partial charge in [0.25, 0.3) is 11.5 Å². The Bertz CT molecular complexity index is 1320. The van der Waals surface area contributed by atoms with E-state index in [1.165, 1.54) is 12.1 Å². The number of hydrogen-bond acceptors (Lipinski definition) is 3. The molecule has 1 saturated carbocycles. The Hall–Kier alpha value is -3.48. The number of amides is 1. The largest absolute Gasteiger partial charge is 0.349 e. The monoisotopic (exact) mass is 404 g/mol. The number of nitrogens with one attached hydrogen (secondary N) is 1. The maximum Gasteiger partial charge on any atom is 0.277 e. The van der Waals surface area contributed by atoms with Gasteiger partial charge in [0.05, 0.1) is 23.8 Å². The van der Waals surface area contributed by atoms with Gasteiger partial charge in [0, 0.05) is 11.6 Å². The summed E-state index contributed by atoms with van der Waals surface area (Å²) in [5, 5.41) is 7.36.